The van der Waals surface area contributed by atoms with E-state index in [1.165, 1.54) is 6.07 Å². The molecule has 1 amide bonds. The first kappa shape index (κ1) is 20.6. The highest BCUT2D eigenvalue weighted by atomic mass is 79.9. The van der Waals surface area contributed by atoms with Crippen LogP contribution in [0.5, 0.6) is 11.5 Å². The lowest BCUT2D eigenvalue weighted by molar-refractivity contribution is -0.122. The van der Waals surface area contributed by atoms with E-state index in [-0.39, 0.29) is 24.6 Å². The van der Waals surface area contributed by atoms with Gasteiger partial charge >= 0.3 is 0 Å². The van der Waals surface area contributed by atoms with Crippen molar-refractivity contribution in [3.8, 4) is 22.8 Å². The number of rotatable bonds is 7. The van der Waals surface area contributed by atoms with Crippen LogP contribution in [0.3, 0.4) is 0 Å². The molecule has 1 aromatic heterocycles. The Morgan fingerprint density at radius 1 is 1.07 bits per heavy atom. The molecule has 0 bridgehead atoms. The highest BCUT2D eigenvalue weighted by Crippen LogP contribution is 2.30. The van der Waals surface area contributed by atoms with Crippen molar-refractivity contribution in [2.24, 2.45) is 0 Å². The Kier molecular flexibility index (Phi) is 6.66. The molecule has 1 heterocycles. The smallest absolute Gasteiger partial charge is 0.267 e. The first-order valence-corrected chi connectivity index (χ1v) is 9.62. The summed E-state index contributed by atoms with van der Waals surface area (Å²) in [5, 5.41) is 7.10. The van der Waals surface area contributed by atoms with E-state index >= 15 is 0 Å². The SMILES string of the molecule is COc1cccc(CNC(=O)Cn2nc(-c3ccc(Br)cc3)ccc2=O)c1OC. The van der Waals surface area contributed by atoms with Crippen LogP contribution in [-0.2, 0) is 17.9 Å². The molecule has 0 aliphatic heterocycles. The molecule has 0 aliphatic rings. The van der Waals surface area contributed by atoms with Crippen LogP contribution in [0.1, 0.15) is 5.56 Å². The summed E-state index contributed by atoms with van der Waals surface area (Å²) >= 11 is 3.39. The summed E-state index contributed by atoms with van der Waals surface area (Å²) in [7, 11) is 3.09. The van der Waals surface area contributed by atoms with E-state index in [0.29, 0.717) is 17.2 Å². The number of ether oxygens (including phenoxy) is 2. The summed E-state index contributed by atoms with van der Waals surface area (Å²) in [6, 6.07) is 16.0. The second-order valence-corrected chi connectivity index (χ2v) is 7.07. The van der Waals surface area contributed by atoms with Crippen molar-refractivity contribution in [1.82, 2.24) is 15.1 Å². The predicted molar refractivity (Wildman–Crippen MR) is 113 cm³/mol. The Balaban J connectivity index is 1.72. The number of methoxy groups -OCH3 is 2. The third kappa shape index (κ3) is 5.03. The van der Waals surface area contributed by atoms with Gasteiger partial charge in [0.2, 0.25) is 5.91 Å². The Labute approximate surface area is 176 Å². The number of nitrogens with one attached hydrogen (secondary N) is 1. The maximum atomic E-state index is 12.4. The standard InChI is InChI=1S/C21H20BrN3O4/c1-28-18-5-3-4-15(21(18)29-2)12-23-19(26)13-25-20(27)11-10-17(24-25)14-6-8-16(22)9-7-14/h3-11H,12-13H2,1-2H3,(H,23,26). The Morgan fingerprint density at radius 2 is 1.83 bits per heavy atom. The highest BCUT2D eigenvalue weighted by molar-refractivity contribution is 9.10. The maximum absolute atomic E-state index is 12.4. The third-order valence-electron chi connectivity index (χ3n) is 4.26. The maximum Gasteiger partial charge on any atom is 0.267 e. The van der Waals surface area contributed by atoms with Crippen LogP contribution in [-0.4, -0.2) is 29.9 Å². The van der Waals surface area contributed by atoms with Gasteiger partial charge in [0.15, 0.2) is 11.5 Å². The molecule has 0 saturated carbocycles. The minimum absolute atomic E-state index is 0.185. The second-order valence-electron chi connectivity index (χ2n) is 6.15. The van der Waals surface area contributed by atoms with Crippen molar-refractivity contribution in [3.05, 3.63) is 75.0 Å². The molecular weight excluding hydrogens is 438 g/mol. The van der Waals surface area contributed by atoms with Crippen molar-refractivity contribution in [3.63, 3.8) is 0 Å². The first-order chi connectivity index (χ1) is 14.0. The number of hydrogen-bond donors (Lipinski definition) is 1. The minimum atomic E-state index is -0.347. The molecule has 0 aliphatic carbocycles. The molecule has 0 fully saturated rings. The molecule has 0 atom stereocenters. The second kappa shape index (κ2) is 9.38. The van der Waals surface area contributed by atoms with Gasteiger partial charge in [-0.05, 0) is 24.3 Å². The number of amides is 1. The molecule has 0 spiro atoms. The van der Waals surface area contributed by atoms with Crippen LogP contribution < -0.4 is 20.3 Å². The van der Waals surface area contributed by atoms with E-state index in [1.807, 2.05) is 36.4 Å². The van der Waals surface area contributed by atoms with Crippen LogP contribution in [0.2, 0.25) is 0 Å². The van der Waals surface area contributed by atoms with Gasteiger partial charge in [0.1, 0.15) is 6.54 Å². The van der Waals surface area contributed by atoms with E-state index in [1.54, 1.807) is 26.4 Å². The van der Waals surface area contributed by atoms with Crippen LogP contribution in [0.25, 0.3) is 11.3 Å². The van der Waals surface area contributed by atoms with Crippen molar-refractivity contribution in [2.45, 2.75) is 13.1 Å². The molecule has 29 heavy (non-hydrogen) atoms. The monoisotopic (exact) mass is 457 g/mol. The largest absolute Gasteiger partial charge is 0.493 e. The van der Waals surface area contributed by atoms with E-state index in [9.17, 15) is 9.59 Å². The van der Waals surface area contributed by atoms with Gasteiger partial charge in [-0.2, -0.15) is 5.10 Å². The van der Waals surface area contributed by atoms with E-state index < -0.39 is 0 Å². The van der Waals surface area contributed by atoms with Crippen molar-refractivity contribution < 1.29 is 14.3 Å². The average Bonchev–Trinajstić information content (AvgIpc) is 2.74. The number of para-hydroxylation sites is 1. The Hall–Kier alpha value is -3.13. The quantitative estimate of drug-likeness (QED) is 0.589. The lowest BCUT2D eigenvalue weighted by Crippen LogP contribution is -2.33. The summed E-state index contributed by atoms with van der Waals surface area (Å²) in [6.07, 6.45) is 0. The summed E-state index contributed by atoms with van der Waals surface area (Å²) < 4.78 is 12.7. The number of nitrogens with zero attached hydrogens (tertiary/aromatic N) is 2. The number of carbonyl (C=O) groups excluding carboxylic acids is 1. The highest BCUT2D eigenvalue weighted by Gasteiger charge is 2.12. The summed E-state index contributed by atoms with van der Waals surface area (Å²) in [4.78, 5) is 24.5. The van der Waals surface area contributed by atoms with Gasteiger partial charge in [-0.3, -0.25) is 9.59 Å². The Morgan fingerprint density at radius 3 is 2.52 bits per heavy atom. The molecule has 3 rings (SSSR count). The zero-order chi connectivity index (χ0) is 20.8. The van der Waals surface area contributed by atoms with Crippen LogP contribution >= 0.6 is 15.9 Å². The molecule has 0 radical (unpaired) electrons. The number of carbonyl (C=O) groups is 1. The van der Waals surface area contributed by atoms with Crippen molar-refractivity contribution in [2.75, 3.05) is 14.2 Å². The fourth-order valence-electron chi connectivity index (χ4n) is 2.82. The van der Waals surface area contributed by atoms with E-state index in [0.717, 1.165) is 20.3 Å². The first-order valence-electron chi connectivity index (χ1n) is 8.82. The van der Waals surface area contributed by atoms with E-state index in [2.05, 4.69) is 26.3 Å². The number of benzene rings is 2. The van der Waals surface area contributed by atoms with Gasteiger partial charge in [-0.25, -0.2) is 4.68 Å². The summed E-state index contributed by atoms with van der Waals surface area (Å²) in [5.74, 6) is 0.805. The van der Waals surface area contributed by atoms with Gasteiger partial charge in [-0.15, -0.1) is 0 Å². The molecule has 0 unspecified atom stereocenters. The molecule has 2 aromatic carbocycles. The molecular formula is C21H20BrN3O4. The Bertz CT molecular complexity index is 1060. The molecule has 8 heteroatoms. The summed E-state index contributed by atoms with van der Waals surface area (Å²) in [6.45, 7) is 0.0514. The average molecular weight is 458 g/mol. The molecule has 3 aromatic rings. The van der Waals surface area contributed by atoms with Gasteiger partial charge < -0.3 is 14.8 Å². The van der Waals surface area contributed by atoms with Gasteiger partial charge in [0.25, 0.3) is 5.56 Å². The fourth-order valence-corrected chi connectivity index (χ4v) is 3.08. The number of aromatic nitrogens is 2. The normalized spacial score (nSPS) is 10.4. The number of halogens is 1. The van der Waals surface area contributed by atoms with Gasteiger partial charge in [-0.1, -0.05) is 40.2 Å². The van der Waals surface area contributed by atoms with Crippen LogP contribution in [0.15, 0.2) is 63.9 Å². The lowest BCUT2D eigenvalue weighted by atomic mass is 10.1. The lowest BCUT2D eigenvalue weighted by Gasteiger charge is -2.13. The fraction of sp³-hybridized carbons (Fsp3) is 0.190. The van der Waals surface area contributed by atoms with Crippen molar-refractivity contribution >= 4 is 21.8 Å². The van der Waals surface area contributed by atoms with Crippen molar-refractivity contribution in [1.29, 1.82) is 0 Å². The van der Waals surface area contributed by atoms with Gasteiger partial charge in [0, 0.05) is 28.2 Å². The zero-order valence-corrected chi connectivity index (χ0v) is 17.6. The predicted octanol–water partition coefficient (Wildman–Crippen LogP) is 3.01. The third-order valence-corrected chi connectivity index (χ3v) is 4.79. The summed E-state index contributed by atoms with van der Waals surface area (Å²) in [5.41, 5.74) is 1.88. The van der Waals surface area contributed by atoms with Crippen LogP contribution in [0, 0.1) is 0 Å². The number of hydrogen-bond acceptors (Lipinski definition) is 5. The molecule has 0 saturated heterocycles. The zero-order valence-electron chi connectivity index (χ0n) is 16.0. The van der Waals surface area contributed by atoms with E-state index in [4.69, 9.17) is 9.47 Å². The molecule has 7 nitrogen and oxygen atoms in total. The van der Waals surface area contributed by atoms with Gasteiger partial charge in [0.05, 0.1) is 19.9 Å². The minimum Gasteiger partial charge on any atom is -0.493 e. The molecule has 150 valence electrons. The van der Waals surface area contributed by atoms with Crippen LogP contribution in [0.4, 0.5) is 0 Å². The topological polar surface area (TPSA) is 82.5 Å². The molecule has 1 N–H and O–H groups in total.